The van der Waals surface area contributed by atoms with Crippen molar-refractivity contribution in [2.24, 2.45) is 0 Å². The highest BCUT2D eigenvalue weighted by Crippen LogP contribution is 2.09. The third-order valence-corrected chi connectivity index (χ3v) is 2.08. The minimum Gasteiger partial charge on any atom is -0.389 e. The molecule has 0 aromatic rings. The fraction of sp³-hybridized carbons (Fsp3) is 0.600. The zero-order valence-electron chi connectivity index (χ0n) is 7.82. The van der Waals surface area contributed by atoms with Gasteiger partial charge in [-0.25, -0.2) is 0 Å². The Hall–Kier alpha value is -0.680. The first kappa shape index (κ1) is 11.4. The molecule has 4 nitrogen and oxygen atoms in total. The molecule has 4 N–H and O–H groups in total. The molecule has 4 atom stereocenters. The fourth-order valence-electron chi connectivity index (χ4n) is 1.32. The molecule has 0 fully saturated rings. The molecule has 0 saturated carbocycles. The second-order valence-electron chi connectivity index (χ2n) is 3.51. The Morgan fingerprint density at radius 1 is 0.571 bits per heavy atom. The zero-order chi connectivity index (χ0) is 10.6. The predicted octanol–water partition coefficient (Wildman–Crippen LogP) is -0.664. The van der Waals surface area contributed by atoms with E-state index in [4.69, 9.17) is 20.4 Å². The second-order valence-corrected chi connectivity index (χ2v) is 3.51. The van der Waals surface area contributed by atoms with Gasteiger partial charge in [0.15, 0.2) is 0 Å². The summed E-state index contributed by atoms with van der Waals surface area (Å²) in [5, 5.41) is 34.6. The SMILES string of the molecule is O[C@@H]1C=C[C@H](O)C1.O[C@@H]1C=C[C@H](O)C1. The highest BCUT2D eigenvalue weighted by molar-refractivity contribution is 5.03. The highest BCUT2D eigenvalue weighted by atomic mass is 16.3. The summed E-state index contributed by atoms with van der Waals surface area (Å²) in [6, 6.07) is 0. The highest BCUT2D eigenvalue weighted by Gasteiger charge is 2.12. The number of aliphatic hydroxyl groups is 4. The molecule has 2 aliphatic rings. The van der Waals surface area contributed by atoms with Crippen LogP contribution >= 0.6 is 0 Å². The molecule has 14 heavy (non-hydrogen) atoms. The van der Waals surface area contributed by atoms with Gasteiger partial charge in [-0.2, -0.15) is 0 Å². The van der Waals surface area contributed by atoms with Crippen LogP contribution in [0.5, 0.6) is 0 Å². The van der Waals surface area contributed by atoms with Gasteiger partial charge in [0, 0.05) is 12.8 Å². The van der Waals surface area contributed by atoms with Gasteiger partial charge >= 0.3 is 0 Å². The average molecular weight is 200 g/mol. The van der Waals surface area contributed by atoms with E-state index in [0.717, 1.165) is 0 Å². The largest absolute Gasteiger partial charge is 0.389 e. The Bertz CT molecular complexity index is 180. The van der Waals surface area contributed by atoms with Crippen LogP contribution in [0, 0.1) is 0 Å². The lowest BCUT2D eigenvalue weighted by Crippen LogP contribution is -2.04. The Morgan fingerprint density at radius 2 is 0.786 bits per heavy atom. The van der Waals surface area contributed by atoms with Crippen LogP contribution < -0.4 is 0 Å². The van der Waals surface area contributed by atoms with E-state index in [1.807, 2.05) is 0 Å². The summed E-state index contributed by atoms with van der Waals surface area (Å²) >= 11 is 0. The van der Waals surface area contributed by atoms with Crippen molar-refractivity contribution in [1.29, 1.82) is 0 Å². The molecule has 0 radical (unpaired) electrons. The molecule has 80 valence electrons. The lowest BCUT2D eigenvalue weighted by molar-refractivity contribution is 0.151. The predicted molar refractivity (Wildman–Crippen MR) is 51.5 cm³/mol. The van der Waals surface area contributed by atoms with Crippen LogP contribution in [0.25, 0.3) is 0 Å². The minimum atomic E-state index is -0.407. The summed E-state index contributed by atoms with van der Waals surface area (Å²) in [6.45, 7) is 0. The Balaban J connectivity index is 0.000000140. The summed E-state index contributed by atoms with van der Waals surface area (Å²) in [4.78, 5) is 0. The molecule has 0 heterocycles. The molecule has 0 aliphatic heterocycles. The van der Waals surface area contributed by atoms with E-state index in [-0.39, 0.29) is 0 Å². The van der Waals surface area contributed by atoms with E-state index in [1.165, 1.54) is 0 Å². The molecule has 2 aliphatic carbocycles. The van der Waals surface area contributed by atoms with Gasteiger partial charge in [0.25, 0.3) is 0 Å². The van der Waals surface area contributed by atoms with Crippen molar-refractivity contribution < 1.29 is 20.4 Å². The van der Waals surface area contributed by atoms with Crippen LogP contribution in [0.3, 0.4) is 0 Å². The van der Waals surface area contributed by atoms with E-state index in [0.29, 0.717) is 12.8 Å². The molecule has 4 heteroatoms. The Kier molecular flexibility index (Phi) is 4.28. The average Bonchev–Trinajstić information content (AvgIpc) is 2.63. The quantitative estimate of drug-likeness (QED) is 0.391. The van der Waals surface area contributed by atoms with E-state index in [9.17, 15) is 0 Å². The van der Waals surface area contributed by atoms with Crippen molar-refractivity contribution in [2.45, 2.75) is 37.3 Å². The van der Waals surface area contributed by atoms with Crippen LogP contribution in [0.1, 0.15) is 12.8 Å². The molecule has 0 aromatic heterocycles. The van der Waals surface area contributed by atoms with Crippen LogP contribution in [0.15, 0.2) is 24.3 Å². The molecule has 0 unspecified atom stereocenters. The summed E-state index contributed by atoms with van der Waals surface area (Å²) in [7, 11) is 0. The van der Waals surface area contributed by atoms with Gasteiger partial charge < -0.3 is 20.4 Å². The Labute approximate surface area is 82.8 Å². The first-order valence-corrected chi connectivity index (χ1v) is 4.67. The standard InChI is InChI=1S/2C5H8O2/c2*6-4-1-2-5(7)3-4/h2*1-2,4-7H,3H2/t2*4-,5+. The van der Waals surface area contributed by atoms with Gasteiger partial charge in [-0.3, -0.25) is 0 Å². The second kappa shape index (κ2) is 5.26. The van der Waals surface area contributed by atoms with E-state index >= 15 is 0 Å². The van der Waals surface area contributed by atoms with E-state index in [2.05, 4.69) is 0 Å². The van der Waals surface area contributed by atoms with Crippen LogP contribution in [0.4, 0.5) is 0 Å². The van der Waals surface area contributed by atoms with Crippen LogP contribution in [-0.4, -0.2) is 44.8 Å². The topological polar surface area (TPSA) is 80.9 Å². The summed E-state index contributed by atoms with van der Waals surface area (Å²) in [5.41, 5.74) is 0. The maximum absolute atomic E-state index is 8.65. The lowest BCUT2D eigenvalue weighted by Gasteiger charge is -1.96. The number of hydrogen-bond acceptors (Lipinski definition) is 4. The first-order valence-electron chi connectivity index (χ1n) is 4.67. The van der Waals surface area contributed by atoms with Gasteiger partial charge in [0.2, 0.25) is 0 Å². The van der Waals surface area contributed by atoms with Crippen molar-refractivity contribution in [3.05, 3.63) is 24.3 Å². The molecular formula is C10H16O4. The van der Waals surface area contributed by atoms with E-state index in [1.54, 1.807) is 24.3 Å². The van der Waals surface area contributed by atoms with Crippen LogP contribution in [0.2, 0.25) is 0 Å². The smallest absolute Gasteiger partial charge is 0.0749 e. The number of hydrogen-bond donors (Lipinski definition) is 4. The lowest BCUT2D eigenvalue weighted by atomic mass is 10.3. The molecule has 0 aromatic carbocycles. The zero-order valence-corrected chi connectivity index (χ0v) is 7.82. The fourth-order valence-corrected chi connectivity index (χ4v) is 1.32. The maximum Gasteiger partial charge on any atom is 0.0749 e. The number of rotatable bonds is 0. The minimum absolute atomic E-state index is 0.407. The normalized spacial score (nSPS) is 39.7. The van der Waals surface area contributed by atoms with Crippen LogP contribution in [-0.2, 0) is 0 Å². The van der Waals surface area contributed by atoms with Crippen molar-refractivity contribution in [1.82, 2.24) is 0 Å². The molecule has 0 bridgehead atoms. The summed E-state index contributed by atoms with van der Waals surface area (Å²) in [5.74, 6) is 0. The maximum atomic E-state index is 8.65. The van der Waals surface area contributed by atoms with Gasteiger partial charge in [0.1, 0.15) is 0 Å². The summed E-state index contributed by atoms with van der Waals surface area (Å²) < 4.78 is 0. The van der Waals surface area contributed by atoms with E-state index < -0.39 is 24.4 Å². The third kappa shape index (κ3) is 4.02. The first-order chi connectivity index (χ1) is 6.58. The van der Waals surface area contributed by atoms with Crippen molar-refractivity contribution in [2.75, 3.05) is 0 Å². The monoisotopic (exact) mass is 200 g/mol. The van der Waals surface area contributed by atoms with Crippen molar-refractivity contribution in [3.8, 4) is 0 Å². The molecule has 0 spiro atoms. The molecule has 0 amide bonds. The van der Waals surface area contributed by atoms with Crippen molar-refractivity contribution >= 4 is 0 Å². The molecular weight excluding hydrogens is 184 g/mol. The summed E-state index contributed by atoms with van der Waals surface area (Å²) in [6.07, 6.45) is 5.72. The Morgan fingerprint density at radius 3 is 0.857 bits per heavy atom. The van der Waals surface area contributed by atoms with Gasteiger partial charge in [-0.15, -0.1) is 0 Å². The van der Waals surface area contributed by atoms with Gasteiger partial charge in [-0.1, -0.05) is 24.3 Å². The number of aliphatic hydroxyl groups excluding tert-OH is 4. The van der Waals surface area contributed by atoms with Crippen molar-refractivity contribution in [3.63, 3.8) is 0 Å². The van der Waals surface area contributed by atoms with Gasteiger partial charge in [0.05, 0.1) is 24.4 Å². The molecule has 0 saturated heterocycles. The molecule has 2 rings (SSSR count). The third-order valence-electron chi connectivity index (χ3n) is 2.08. The van der Waals surface area contributed by atoms with Gasteiger partial charge in [-0.05, 0) is 0 Å².